The maximum Gasteiger partial charge on any atom is 0.329 e. The molecular formula is C11H16N4O5S. The standard InChI is InChI=1S/C11H16N4O5S/c1-3-20-11(17)9(6-21)13-10(16)7(2)14-5-8(4-12-14)15(18)19/h4-5,7,9,21H,3,6H2,1-2H3,(H,13,16)/t7-,9-/m1/s1. The molecule has 0 aliphatic carbocycles. The predicted molar refractivity (Wildman–Crippen MR) is 76.0 cm³/mol. The van der Waals surface area contributed by atoms with Gasteiger partial charge in [-0.1, -0.05) is 0 Å². The lowest BCUT2D eigenvalue weighted by Gasteiger charge is -2.18. The second kappa shape index (κ2) is 7.62. The molecule has 9 nitrogen and oxygen atoms in total. The molecule has 0 aliphatic rings. The third-order valence-electron chi connectivity index (χ3n) is 2.65. The summed E-state index contributed by atoms with van der Waals surface area (Å²) in [5.74, 6) is -1.02. The van der Waals surface area contributed by atoms with Crippen LogP contribution in [0.1, 0.15) is 19.9 Å². The van der Waals surface area contributed by atoms with E-state index in [9.17, 15) is 19.7 Å². The first-order valence-electron chi connectivity index (χ1n) is 6.17. The van der Waals surface area contributed by atoms with E-state index in [0.29, 0.717) is 0 Å². The Morgan fingerprint density at radius 1 is 1.62 bits per heavy atom. The largest absolute Gasteiger partial charge is 0.464 e. The summed E-state index contributed by atoms with van der Waals surface area (Å²) in [5.41, 5.74) is -0.217. The number of nitrogens with one attached hydrogen (secondary N) is 1. The number of esters is 1. The molecule has 0 fully saturated rings. The first-order chi connectivity index (χ1) is 9.90. The van der Waals surface area contributed by atoms with Gasteiger partial charge in [0.25, 0.3) is 0 Å². The Bertz CT molecular complexity index is 532. The minimum atomic E-state index is -0.881. The number of hydrogen-bond donors (Lipinski definition) is 2. The van der Waals surface area contributed by atoms with Crippen molar-refractivity contribution in [2.75, 3.05) is 12.4 Å². The van der Waals surface area contributed by atoms with Gasteiger partial charge in [-0.3, -0.25) is 19.6 Å². The van der Waals surface area contributed by atoms with Crippen LogP contribution in [0.5, 0.6) is 0 Å². The first kappa shape index (κ1) is 17.0. The summed E-state index contributed by atoms with van der Waals surface area (Å²) in [6, 6.07) is -1.69. The van der Waals surface area contributed by atoms with E-state index in [1.807, 2.05) is 0 Å². The van der Waals surface area contributed by atoms with Crippen LogP contribution in [0.15, 0.2) is 12.4 Å². The number of thiol groups is 1. The molecule has 2 atom stereocenters. The minimum absolute atomic E-state index is 0.0799. The third kappa shape index (κ3) is 4.45. The lowest BCUT2D eigenvalue weighted by molar-refractivity contribution is -0.385. The summed E-state index contributed by atoms with van der Waals surface area (Å²) in [4.78, 5) is 33.5. The van der Waals surface area contributed by atoms with Crippen molar-refractivity contribution < 1.29 is 19.2 Å². The van der Waals surface area contributed by atoms with Crippen molar-refractivity contribution in [3.8, 4) is 0 Å². The van der Waals surface area contributed by atoms with Gasteiger partial charge in [-0.15, -0.1) is 0 Å². The number of aromatic nitrogens is 2. The Kier molecular flexibility index (Phi) is 6.15. The van der Waals surface area contributed by atoms with E-state index in [2.05, 4.69) is 23.0 Å². The van der Waals surface area contributed by atoms with Crippen LogP contribution in [0.2, 0.25) is 0 Å². The minimum Gasteiger partial charge on any atom is -0.464 e. The third-order valence-corrected chi connectivity index (χ3v) is 3.01. The molecule has 0 aromatic carbocycles. The number of hydrogen-bond acceptors (Lipinski definition) is 7. The number of rotatable bonds is 7. The van der Waals surface area contributed by atoms with Gasteiger partial charge in [0, 0.05) is 5.75 Å². The van der Waals surface area contributed by atoms with Crippen molar-refractivity contribution in [3.05, 3.63) is 22.5 Å². The number of carbonyl (C=O) groups is 2. The van der Waals surface area contributed by atoms with Crippen molar-refractivity contribution >= 4 is 30.2 Å². The van der Waals surface area contributed by atoms with Gasteiger partial charge < -0.3 is 10.1 Å². The summed E-state index contributed by atoms with van der Waals surface area (Å²) < 4.78 is 5.95. The quantitative estimate of drug-likeness (QED) is 0.324. The van der Waals surface area contributed by atoms with Crippen LogP contribution in [0, 0.1) is 10.1 Å². The molecule has 1 aromatic heterocycles. The van der Waals surface area contributed by atoms with E-state index in [1.165, 1.54) is 6.92 Å². The second-order valence-electron chi connectivity index (χ2n) is 4.11. The highest BCUT2D eigenvalue weighted by Crippen LogP contribution is 2.13. The van der Waals surface area contributed by atoms with E-state index < -0.39 is 28.9 Å². The molecule has 116 valence electrons. The number of nitro groups is 1. The molecule has 21 heavy (non-hydrogen) atoms. The summed E-state index contributed by atoms with van der Waals surface area (Å²) in [6.07, 6.45) is 2.19. The zero-order valence-corrected chi connectivity index (χ0v) is 12.4. The van der Waals surface area contributed by atoms with Gasteiger partial charge in [0.2, 0.25) is 5.91 Å². The van der Waals surface area contributed by atoms with Gasteiger partial charge in [-0.25, -0.2) is 4.79 Å². The highest BCUT2D eigenvalue weighted by atomic mass is 32.1. The van der Waals surface area contributed by atoms with Gasteiger partial charge in [-0.05, 0) is 13.8 Å². The molecule has 0 saturated heterocycles. The number of amides is 1. The molecule has 0 saturated carbocycles. The number of carbonyl (C=O) groups excluding carboxylic acids is 2. The topological polar surface area (TPSA) is 116 Å². The molecule has 0 spiro atoms. The Hall–Kier alpha value is -2.10. The Morgan fingerprint density at radius 3 is 2.76 bits per heavy atom. The zero-order chi connectivity index (χ0) is 16.0. The summed E-state index contributed by atoms with van der Waals surface area (Å²) in [7, 11) is 0. The fraction of sp³-hybridized carbons (Fsp3) is 0.545. The van der Waals surface area contributed by atoms with Crippen LogP contribution in [0.4, 0.5) is 5.69 Å². The average molecular weight is 316 g/mol. The van der Waals surface area contributed by atoms with Crippen LogP contribution < -0.4 is 5.32 Å². The molecular weight excluding hydrogens is 300 g/mol. The van der Waals surface area contributed by atoms with E-state index in [-0.39, 0.29) is 18.0 Å². The van der Waals surface area contributed by atoms with Crippen molar-refractivity contribution in [2.45, 2.75) is 25.9 Å². The number of nitrogens with zero attached hydrogens (tertiary/aromatic N) is 3. The Morgan fingerprint density at radius 2 is 2.29 bits per heavy atom. The van der Waals surface area contributed by atoms with Crippen LogP contribution in [-0.2, 0) is 14.3 Å². The van der Waals surface area contributed by atoms with Crippen molar-refractivity contribution in [1.82, 2.24) is 15.1 Å². The van der Waals surface area contributed by atoms with Crippen LogP contribution >= 0.6 is 12.6 Å². The molecule has 0 radical (unpaired) electrons. The van der Waals surface area contributed by atoms with E-state index in [0.717, 1.165) is 17.1 Å². The van der Waals surface area contributed by atoms with E-state index in [1.54, 1.807) is 6.92 Å². The highest BCUT2D eigenvalue weighted by molar-refractivity contribution is 7.80. The van der Waals surface area contributed by atoms with Crippen molar-refractivity contribution in [2.24, 2.45) is 0 Å². The SMILES string of the molecule is CCOC(=O)[C@@H](CS)NC(=O)[C@@H](C)n1cc([N+](=O)[O-])cn1. The summed E-state index contributed by atoms with van der Waals surface area (Å²) >= 11 is 3.98. The smallest absolute Gasteiger partial charge is 0.329 e. The average Bonchev–Trinajstić information content (AvgIpc) is 2.93. The summed E-state index contributed by atoms with van der Waals surface area (Å²) in [6.45, 7) is 3.35. The fourth-order valence-corrected chi connectivity index (χ4v) is 1.71. The van der Waals surface area contributed by atoms with Gasteiger partial charge >= 0.3 is 11.7 Å². The van der Waals surface area contributed by atoms with Gasteiger partial charge in [-0.2, -0.15) is 17.7 Å². The lowest BCUT2D eigenvalue weighted by Crippen LogP contribution is -2.45. The highest BCUT2D eigenvalue weighted by Gasteiger charge is 2.25. The van der Waals surface area contributed by atoms with Crippen LogP contribution in [-0.4, -0.2) is 45.0 Å². The molecule has 10 heteroatoms. The molecule has 0 unspecified atom stereocenters. The Balaban J connectivity index is 2.72. The number of ether oxygens (including phenoxy) is 1. The monoisotopic (exact) mass is 316 g/mol. The first-order valence-corrected chi connectivity index (χ1v) is 6.80. The Labute approximate surface area is 126 Å². The predicted octanol–water partition coefficient (Wildman–Crippen LogP) is 0.330. The maximum absolute atomic E-state index is 12.0. The zero-order valence-electron chi connectivity index (χ0n) is 11.6. The molecule has 1 aromatic rings. The lowest BCUT2D eigenvalue weighted by atomic mass is 10.2. The van der Waals surface area contributed by atoms with E-state index >= 15 is 0 Å². The van der Waals surface area contributed by atoms with E-state index in [4.69, 9.17) is 4.74 Å². The fourth-order valence-electron chi connectivity index (χ4n) is 1.47. The molecule has 1 amide bonds. The van der Waals surface area contributed by atoms with Gasteiger partial charge in [0.15, 0.2) is 0 Å². The second-order valence-corrected chi connectivity index (χ2v) is 4.47. The molecule has 1 heterocycles. The van der Waals surface area contributed by atoms with Gasteiger partial charge in [0.05, 0.1) is 11.5 Å². The maximum atomic E-state index is 12.0. The summed E-state index contributed by atoms with van der Waals surface area (Å²) in [5, 5.41) is 16.8. The van der Waals surface area contributed by atoms with Crippen LogP contribution in [0.3, 0.4) is 0 Å². The molecule has 1 rings (SSSR count). The van der Waals surface area contributed by atoms with Gasteiger partial charge in [0.1, 0.15) is 24.5 Å². The molecule has 1 N–H and O–H groups in total. The molecule has 0 bridgehead atoms. The van der Waals surface area contributed by atoms with Crippen LogP contribution in [0.25, 0.3) is 0 Å². The molecule has 0 aliphatic heterocycles. The normalized spacial score (nSPS) is 13.3. The van der Waals surface area contributed by atoms with Crippen molar-refractivity contribution in [1.29, 1.82) is 0 Å². The van der Waals surface area contributed by atoms with Crippen molar-refractivity contribution in [3.63, 3.8) is 0 Å².